The van der Waals surface area contributed by atoms with E-state index in [1.54, 1.807) is 42.6 Å². The fourth-order valence-corrected chi connectivity index (χ4v) is 4.54. The van der Waals surface area contributed by atoms with Crippen LogP contribution in [0.2, 0.25) is 5.02 Å². The van der Waals surface area contributed by atoms with Gasteiger partial charge in [0.15, 0.2) is 11.5 Å². The van der Waals surface area contributed by atoms with Crippen LogP contribution in [0.5, 0.6) is 0 Å². The third kappa shape index (κ3) is 3.38. The van der Waals surface area contributed by atoms with E-state index >= 15 is 0 Å². The van der Waals surface area contributed by atoms with Crippen LogP contribution in [-0.4, -0.2) is 31.7 Å². The third-order valence-corrected chi connectivity index (χ3v) is 6.21. The molecule has 4 heterocycles. The van der Waals surface area contributed by atoms with Gasteiger partial charge in [0, 0.05) is 16.6 Å². The molecule has 172 valence electrons. The van der Waals surface area contributed by atoms with Gasteiger partial charge in [0.25, 0.3) is 5.91 Å². The number of H-pyrrole nitrogens is 1. The van der Waals surface area contributed by atoms with Gasteiger partial charge in [-0.25, -0.2) is 4.98 Å². The lowest BCUT2D eigenvalue weighted by molar-refractivity contribution is -0.117. The Bertz CT molecular complexity index is 1690. The molecule has 35 heavy (non-hydrogen) atoms. The molecule has 2 N–H and O–H groups in total. The minimum atomic E-state index is -1.02. The summed E-state index contributed by atoms with van der Waals surface area (Å²) in [5.41, 5.74) is 3.09. The van der Waals surface area contributed by atoms with E-state index < -0.39 is 23.5 Å². The van der Waals surface area contributed by atoms with Gasteiger partial charge in [0.2, 0.25) is 11.7 Å². The van der Waals surface area contributed by atoms with Gasteiger partial charge in [-0.15, -0.1) is 0 Å². The van der Waals surface area contributed by atoms with Crippen LogP contribution in [0, 0.1) is 6.92 Å². The fourth-order valence-electron chi connectivity index (χ4n) is 4.36. The van der Waals surface area contributed by atoms with Crippen LogP contribution in [0.25, 0.3) is 22.0 Å². The van der Waals surface area contributed by atoms with Gasteiger partial charge >= 0.3 is 0 Å². The quantitative estimate of drug-likeness (QED) is 0.328. The molecular formula is C26H17ClN4O4. The number of nitrogens with zero attached hydrogens (tertiary/aromatic N) is 3. The van der Waals surface area contributed by atoms with E-state index in [9.17, 15) is 14.7 Å². The summed E-state index contributed by atoms with van der Waals surface area (Å²) >= 11 is 6.06. The maximum Gasteiger partial charge on any atom is 0.296 e. The molecule has 0 fully saturated rings. The van der Waals surface area contributed by atoms with Crippen molar-refractivity contribution in [2.45, 2.75) is 13.0 Å². The number of aliphatic hydroxyl groups excluding tert-OH is 1. The Hall–Kier alpha value is -4.43. The Balaban J connectivity index is 1.50. The highest BCUT2D eigenvalue weighted by Crippen LogP contribution is 2.41. The molecule has 1 aliphatic rings. The number of pyridine rings is 1. The number of anilines is 1. The molecule has 3 aromatic heterocycles. The summed E-state index contributed by atoms with van der Waals surface area (Å²) in [5, 5.41) is 12.0. The summed E-state index contributed by atoms with van der Waals surface area (Å²) in [6.45, 7) is 1.95. The van der Waals surface area contributed by atoms with E-state index in [-0.39, 0.29) is 17.3 Å². The van der Waals surface area contributed by atoms with Crippen molar-refractivity contribution in [2.75, 3.05) is 4.90 Å². The predicted octanol–water partition coefficient (Wildman–Crippen LogP) is 5.45. The predicted molar refractivity (Wildman–Crippen MR) is 131 cm³/mol. The average Bonchev–Trinajstić information content (AvgIpc) is 3.53. The number of imidazole rings is 1. The van der Waals surface area contributed by atoms with Crippen molar-refractivity contribution in [2.24, 2.45) is 0 Å². The van der Waals surface area contributed by atoms with Crippen molar-refractivity contribution in [3.63, 3.8) is 0 Å². The topological polar surface area (TPSA) is 112 Å². The second-order valence-corrected chi connectivity index (χ2v) is 8.73. The summed E-state index contributed by atoms with van der Waals surface area (Å²) < 4.78 is 5.74. The first-order valence-electron chi connectivity index (χ1n) is 10.8. The van der Waals surface area contributed by atoms with Gasteiger partial charge in [-0.1, -0.05) is 23.7 Å². The summed E-state index contributed by atoms with van der Waals surface area (Å²) in [7, 11) is 0. The second-order valence-electron chi connectivity index (χ2n) is 8.30. The van der Waals surface area contributed by atoms with E-state index in [0.29, 0.717) is 27.2 Å². The zero-order valence-corrected chi connectivity index (χ0v) is 19.1. The Kier molecular flexibility index (Phi) is 4.72. The first-order valence-corrected chi connectivity index (χ1v) is 11.2. The van der Waals surface area contributed by atoms with E-state index in [1.165, 1.54) is 11.0 Å². The zero-order chi connectivity index (χ0) is 24.3. The zero-order valence-electron chi connectivity index (χ0n) is 18.3. The van der Waals surface area contributed by atoms with Gasteiger partial charge in [-0.2, -0.15) is 0 Å². The Morgan fingerprint density at radius 3 is 2.80 bits per heavy atom. The fraction of sp³-hybridized carbons (Fsp3) is 0.0769. The smallest absolute Gasteiger partial charge is 0.296 e. The number of amides is 1. The molecule has 5 aromatic rings. The van der Waals surface area contributed by atoms with Crippen LogP contribution >= 0.6 is 11.6 Å². The van der Waals surface area contributed by atoms with E-state index in [1.807, 2.05) is 25.1 Å². The highest BCUT2D eigenvalue weighted by molar-refractivity contribution is 6.31. The summed E-state index contributed by atoms with van der Waals surface area (Å²) in [6, 6.07) is 16.3. The standard InChI is InChI=1S/C26H17ClN4O4/c1-13-5-7-16-18(10-13)30-26(29-16)31-22(17-4-2-3-9-28-17)21(24(33)25(31)34)23(32)20-12-14-11-15(27)6-8-19(14)35-20/h2-12,22,33H,1H3,(H,29,30). The van der Waals surface area contributed by atoms with Gasteiger partial charge in [0.05, 0.1) is 22.3 Å². The first-order chi connectivity index (χ1) is 16.9. The number of carbonyl (C=O) groups excluding carboxylic acids is 2. The molecule has 0 saturated heterocycles. The van der Waals surface area contributed by atoms with Crippen LogP contribution in [0.3, 0.4) is 0 Å². The second kappa shape index (κ2) is 7.82. The number of fused-ring (bicyclic) bond motifs is 2. The minimum Gasteiger partial charge on any atom is -0.503 e. The molecule has 1 atom stereocenters. The molecule has 6 rings (SSSR count). The molecule has 2 aromatic carbocycles. The van der Waals surface area contributed by atoms with Crippen molar-refractivity contribution in [3.8, 4) is 0 Å². The van der Waals surface area contributed by atoms with Crippen LogP contribution in [0.1, 0.15) is 27.9 Å². The highest BCUT2D eigenvalue weighted by atomic mass is 35.5. The van der Waals surface area contributed by atoms with Gasteiger partial charge < -0.3 is 14.5 Å². The third-order valence-electron chi connectivity index (χ3n) is 5.98. The number of rotatable bonds is 4. The van der Waals surface area contributed by atoms with Crippen LogP contribution in [-0.2, 0) is 4.79 Å². The number of aromatic nitrogens is 3. The summed E-state index contributed by atoms with van der Waals surface area (Å²) in [6.07, 6.45) is 1.56. The van der Waals surface area contributed by atoms with Crippen LogP contribution in [0.15, 0.2) is 82.6 Å². The molecule has 8 nitrogen and oxygen atoms in total. The number of nitrogens with one attached hydrogen (secondary N) is 1. The van der Waals surface area contributed by atoms with Crippen molar-refractivity contribution in [1.82, 2.24) is 15.0 Å². The highest BCUT2D eigenvalue weighted by Gasteiger charge is 2.47. The van der Waals surface area contributed by atoms with Gasteiger partial charge in [0.1, 0.15) is 11.6 Å². The molecule has 1 aliphatic heterocycles. The van der Waals surface area contributed by atoms with Crippen molar-refractivity contribution >= 4 is 51.2 Å². The maximum atomic E-state index is 13.7. The van der Waals surface area contributed by atoms with Crippen LogP contribution < -0.4 is 4.90 Å². The number of aromatic amines is 1. The number of aliphatic hydroxyl groups is 1. The van der Waals surface area contributed by atoms with Crippen molar-refractivity contribution in [3.05, 3.63) is 100 Å². The SMILES string of the molecule is Cc1ccc2nc(N3C(=O)C(O)=C(C(=O)c4cc5cc(Cl)ccc5o4)C3c3ccccn3)[nH]c2c1. The Morgan fingerprint density at radius 2 is 2.00 bits per heavy atom. The van der Waals surface area contributed by atoms with Crippen molar-refractivity contribution < 1.29 is 19.1 Å². The van der Waals surface area contributed by atoms with E-state index in [4.69, 9.17) is 16.0 Å². The molecule has 0 saturated carbocycles. The number of halogens is 1. The number of benzene rings is 2. The summed E-state index contributed by atoms with van der Waals surface area (Å²) in [4.78, 5) is 40.3. The maximum absolute atomic E-state index is 13.7. The lowest BCUT2D eigenvalue weighted by atomic mass is 9.98. The first kappa shape index (κ1) is 21.1. The molecule has 1 unspecified atom stereocenters. The van der Waals surface area contributed by atoms with E-state index in [0.717, 1.165) is 11.1 Å². The van der Waals surface area contributed by atoms with Crippen molar-refractivity contribution in [1.29, 1.82) is 0 Å². The van der Waals surface area contributed by atoms with Gasteiger partial charge in [-0.3, -0.25) is 19.5 Å². The number of furan rings is 1. The molecule has 0 spiro atoms. The number of Topliss-reactive ketones (excluding diaryl/α,β-unsaturated/α-hetero) is 1. The Morgan fingerprint density at radius 1 is 1.14 bits per heavy atom. The monoisotopic (exact) mass is 484 g/mol. The molecule has 0 radical (unpaired) electrons. The van der Waals surface area contributed by atoms with Gasteiger partial charge in [-0.05, 0) is 61.0 Å². The summed E-state index contributed by atoms with van der Waals surface area (Å²) in [5.74, 6) is -1.91. The number of carbonyl (C=O) groups is 2. The van der Waals surface area contributed by atoms with Crippen LogP contribution in [0.4, 0.5) is 5.95 Å². The number of aryl methyl sites for hydroxylation is 1. The molecule has 0 aliphatic carbocycles. The lowest BCUT2D eigenvalue weighted by Crippen LogP contribution is -2.32. The molecule has 0 bridgehead atoms. The lowest BCUT2D eigenvalue weighted by Gasteiger charge is -2.23. The largest absolute Gasteiger partial charge is 0.503 e. The normalized spacial score (nSPS) is 16.1. The van der Waals surface area contributed by atoms with E-state index in [2.05, 4.69) is 15.0 Å². The average molecular weight is 485 g/mol. The Labute approximate surface area is 203 Å². The number of hydrogen-bond donors (Lipinski definition) is 2. The number of hydrogen-bond acceptors (Lipinski definition) is 6. The minimum absolute atomic E-state index is 0.0281. The number of ketones is 1. The molecular weight excluding hydrogens is 468 g/mol. The molecule has 1 amide bonds. The molecule has 9 heteroatoms.